The summed E-state index contributed by atoms with van der Waals surface area (Å²) in [6.45, 7) is 3.53. The Kier molecular flexibility index (Phi) is 8.79. The zero-order valence-corrected chi connectivity index (χ0v) is 20.1. The van der Waals surface area contributed by atoms with Crippen molar-refractivity contribution in [2.75, 3.05) is 38.3 Å². The third-order valence-electron chi connectivity index (χ3n) is 4.49. The third kappa shape index (κ3) is 5.44. The first-order valence-electron chi connectivity index (χ1n) is 9.07. The van der Waals surface area contributed by atoms with Gasteiger partial charge in [0.15, 0.2) is 5.13 Å². The molecule has 1 amide bonds. The Morgan fingerprint density at radius 3 is 2.55 bits per heavy atom. The van der Waals surface area contributed by atoms with Gasteiger partial charge in [-0.25, -0.2) is 4.98 Å². The van der Waals surface area contributed by atoms with Gasteiger partial charge in [-0.2, -0.15) is 0 Å². The summed E-state index contributed by atoms with van der Waals surface area (Å²) in [5, 5.41) is 1.38. The lowest BCUT2D eigenvalue weighted by Gasteiger charge is -2.22. The fourth-order valence-corrected chi connectivity index (χ4v) is 4.93. The fourth-order valence-electron chi connectivity index (χ4n) is 3.00. The molecule has 0 aliphatic carbocycles. The highest BCUT2D eigenvalue weighted by molar-refractivity contribution is 7.98. The summed E-state index contributed by atoms with van der Waals surface area (Å²) < 4.78 is 0.931. The Morgan fingerprint density at radius 1 is 1.17 bits per heavy atom. The first kappa shape index (κ1) is 24.0. The van der Waals surface area contributed by atoms with Crippen molar-refractivity contribution >= 4 is 68.4 Å². The number of benzene rings is 2. The van der Waals surface area contributed by atoms with E-state index in [1.807, 2.05) is 63.7 Å². The largest absolute Gasteiger partial charge is 0.309 e. The molecule has 2 aromatic carbocycles. The molecule has 8 heteroatoms. The minimum Gasteiger partial charge on any atom is -0.309 e. The lowest BCUT2D eigenvalue weighted by molar-refractivity contribution is 0.0983. The SMILES string of the molecule is CSc1ccccc1C(=O)N(CCCN(C)C)c1nc2c(C)ccc(Cl)c2s1.Cl. The van der Waals surface area contributed by atoms with Crippen molar-refractivity contribution in [3.8, 4) is 0 Å². The number of aryl methyl sites for hydroxylation is 1. The molecule has 0 aliphatic rings. The molecule has 3 aromatic rings. The molecule has 3 rings (SSSR count). The maximum absolute atomic E-state index is 13.5. The maximum atomic E-state index is 13.5. The Morgan fingerprint density at radius 2 is 1.90 bits per heavy atom. The molecular weight excluding hydrogens is 445 g/mol. The fraction of sp³-hybridized carbons (Fsp3) is 0.333. The van der Waals surface area contributed by atoms with Gasteiger partial charge >= 0.3 is 0 Å². The number of thiazole rings is 1. The number of thioether (sulfide) groups is 1. The van der Waals surface area contributed by atoms with Gasteiger partial charge in [-0.15, -0.1) is 24.2 Å². The number of halogens is 2. The Balaban J connectivity index is 0.00000300. The van der Waals surface area contributed by atoms with Gasteiger partial charge in [0.1, 0.15) is 0 Å². The predicted octanol–water partition coefficient (Wildman–Crippen LogP) is 6.00. The van der Waals surface area contributed by atoms with Crippen LogP contribution in [0, 0.1) is 6.92 Å². The number of rotatable bonds is 7. The number of carbonyl (C=O) groups excluding carboxylic acids is 1. The summed E-state index contributed by atoms with van der Waals surface area (Å²) in [4.78, 5) is 23.2. The second-order valence-electron chi connectivity index (χ2n) is 6.85. The van der Waals surface area contributed by atoms with Crippen LogP contribution in [0.3, 0.4) is 0 Å². The molecule has 0 N–H and O–H groups in total. The van der Waals surface area contributed by atoms with Crippen LogP contribution in [-0.2, 0) is 0 Å². The van der Waals surface area contributed by atoms with Crippen LogP contribution in [0.25, 0.3) is 10.2 Å². The molecule has 156 valence electrons. The van der Waals surface area contributed by atoms with Crippen molar-refractivity contribution in [2.24, 2.45) is 0 Å². The third-order valence-corrected chi connectivity index (χ3v) is 6.82. The molecule has 1 aromatic heterocycles. The van der Waals surface area contributed by atoms with Crippen LogP contribution in [0.4, 0.5) is 5.13 Å². The van der Waals surface area contributed by atoms with Gasteiger partial charge in [-0.1, -0.05) is 41.1 Å². The molecule has 0 spiro atoms. The molecule has 0 atom stereocenters. The molecule has 1 heterocycles. The van der Waals surface area contributed by atoms with Crippen LogP contribution in [0.1, 0.15) is 22.3 Å². The molecule has 29 heavy (non-hydrogen) atoms. The smallest absolute Gasteiger partial charge is 0.261 e. The van der Waals surface area contributed by atoms with Crippen LogP contribution in [-0.4, -0.2) is 49.2 Å². The lowest BCUT2D eigenvalue weighted by Crippen LogP contribution is -2.33. The molecule has 0 fully saturated rings. The van der Waals surface area contributed by atoms with Crippen molar-refractivity contribution in [3.05, 3.63) is 52.5 Å². The number of fused-ring (bicyclic) bond motifs is 1. The summed E-state index contributed by atoms with van der Waals surface area (Å²) in [7, 11) is 4.08. The minimum atomic E-state index is -0.0171. The van der Waals surface area contributed by atoms with Gasteiger partial charge in [0.05, 0.1) is 20.8 Å². The van der Waals surface area contributed by atoms with E-state index in [4.69, 9.17) is 16.6 Å². The number of aromatic nitrogens is 1. The summed E-state index contributed by atoms with van der Waals surface area (Å²) in [5.41, 5.74) is 2.64. The van der Waals surface area contributed by atoms with E-state index in [-0.39, 0.29) is 18.3 Å². The van der Waals surface area contributed by atoms with Crippen molar-refractivity contribution in [2.45, 2.75) is 18.2 Å². The van der Waals surface area contributed by atoms with E-state index < -0.39 is 0 Å². The van der Waals surface area contributed by atoms with Crippen molar-refractivity contribution in [1.82, 2.24) is 9.88 Å². The average Bonchev–Trinajstić information content (AvgIpc) is 3.14. The topological polar surface area (TPSA) is 36.4 Å². The first-order valence-corrected chi connectivity index (χ1v) is 11.5. The number of nitrogens with zero attached hydrogens (tertiary/aromatic N) is 3. The molecule has 0 unspecified atom stereocenters. The number of carbonyl (C=O) groups is 1. The van der Waals surface area contributed by atoms with Gasteiger partial charge in [0.2, 0.25) is 0 Å². The monoisotopic (exact) mass is 469 g/mol. The molecule has 0 aliphatic heterocycles. The number of amides is 1. The highest BCUT2D eigenvalue weighted by atomic mass is 35.5. The first-order chi connectivity index (χ1) is 13.4. The van der Waals surface area contributed by atoms with Crippen LogP contribution in [0.2, 0.25) is 5.02 Å². The van der Waals surface area contributed by atoms with Crippen LogP contribution in [0.15, 0.2) is 41.3 Å². The zero-order chi connectivity index (χ0) is 20.3. The zero-order valence-electron chi connectivity index (χ0n) is 16.9. The predicted molar refractivity (Wildman–Crippen MR) is 130 cm³/mol. The van der Waals surface area contributed by atoms with Gasteiger partial charge < -0.3 is 4.90 Å². The van der Waals surface area contributed by atoms with Crippen LogP contribution in [0.5, 0.6) is 0 Å². The van der Waals surface area contributed by atoms with Gasteiger partial charge in [0, 0.05) is 11.4 Å². The van der Waals surface area contributed by atoms with Crippen molar-refractivity contribution < 1.29 is 4.79 Å². The second-order valence-corrected chi connectivity index (χ2v) is 9.09. The van der Waals surface area contributed by atoms with E-state index in [0.717, 1.165) is 33.6 Å². The number of hydrogen-bond donors (Lipinski definition) is 0. The van der Waals surface area contributed by atoms with E-state index in [1.54, 1.807) is 16.7 Å². The lowest BCUT2D eigenvalue weighted by atomic mass is 10.2. The van der Waals surface area contributed by atoms with Crippen LogP contribution >= 0.6 is 47.1 Å². The quantitative estimate of drug-likeness (QED) is 0.397. The normalized spacial score (nSPS) is 11.0. The standard InChI is InChI=1S/C21H24ClN3OS2.ClH/c1-14-10-11-16(22)19-18(14)23-21(28-19)25(13-7-12-24(2)3)20(26)15-8-5-6-9-17(15)27-4;/h5-6,8-11H,7,12-13H2,1-4H3;1H. The van der Waals surface area contributed by atoms with Crippen LogP contribution < -0.4 is 4.90 Å². The Bertz CT molecular complexity index is 952. The van der Waals surface area contributed by atoms with E-state index in [2.05, 4.69) is 4.90 Å². The molecule has 0 saturated carbocycles. The van der Waals surface area contributed by atoms with E-state index >= 15 is 0 Å². The summed E-state index contributed by atoms with van der Waals surface area (Å²) in [6.07, 6.45) is 2.85. The molecule has 0 bridgehead atoms. The maximum Gasteiger partial charge on any atom is 0.261 e. The van der Waals surface area contributed by atoms with E-state index in [0.29, 0.717) is 22.3 Å². The van der Waals surface area contributed by atoms with Gasteiger partial charge in [0.25, 0.3) is 5.91 Å². The second kappa shape index (κ2) is 10.6. The summed E-state index contributed by atoms with van der Waals surface area (Å²) in [6, 6.07) is 11.6. The van der Waals surface area contributed by atoms with Gasteiger partial charge in [-0.05, 0) is 64.0 Å². The average molecular weight is 470 g/mol. The Labute approximate surface area is 191 Å². The van der Waals surface area contributed by atoms with E-state index in [1.165, 1.54) is 11.3 Å². The minimum absolute atomic E-state index is 0. The molecule has 0 radical (unpaired) electrons. The molecule has 4 nitrogen and oxygen atoms in total. The highest BCUT2D eigenvalue weighted by Crippen LogP contribution is 2.36. The molecular formula is C21H25Cl2N3OS2. The number of hydrogen-bond acceptors (Lipinski definition) is 5. The summed E-state index contributed by atoms with van der Waals surface area (Å²) >= 11 is 9.46. The Hall–Kier alpha value is -1.31. The van der Waals surface area contributed by atoms with Crippen molar-refractivity contribution in [3.63, 3.8) is 0 Å². The summed E-state index contributed by atoms with van der Waals surface area (Å²) in [5.74, 6) is -0.0171. The van der Waals surface area contributed by atoms with Crippen molar-refractivity contribution in [1.29, 1.82) is 0 Å². The highest BCUT2D eigenvalue weighted by Gasteiger charge is 2.24. The van der Waals surface area contributed by atoms with Gasteiger partial charge in [-0.3, -0.25) is 9.69 Å². The number of anilines is 1. The molecule has 0 saturated heterocycles. The van der Waals surface area contributed by atoms with E-state index in [9.17, 15) is 4.79 Å².